The summed E-state index contributed by atoms with van der Waals surface area (Å²) >= 11 is 1.57. The molecule has 0 aliphatic carbocycles. The second kappa shape index (κ2) is 4.07. The molecule has 0 spiro atoms. The lowest BCUT2D eigenvalue weighted by atomic mass is 10.2. The average Bonchev–Trinajstić information content (AvgIpc) is 2.71. The van der Waals surface area contributed by atoms with E-state index in [1.165, 1.54) is 12.8 Å². The van der Waals surface area contributed by atoms with Gasteiger partial charge in [0.15, 0.2) is 0 Å². The fourth-order valence-corrected chi connectivity index (χ4v) is 2.13. The second-order valence-corrected chi connectivity index (χ2v) is 4.18. The number of aromatic nitrogens is 1. The van der Waals surface area contributed by atoms with Crippen LogP contribution in [0.3, 0.4) is 0 Å². The van der Waals surface area contributed by atoms with Crippen LogP contribution in [-0.4, -0.2) is 24.2 Å². The molecule has 1 aliphatic rings. The summed E-state index contributed by atoms with van der Waals surface area (Å²) in [5.74, 6) is 0. The lowest BCUT2D eigenvalue weighted by Crippen LogP contribution is -2.28. The third-order valence-electron chi connectivity index (χ3n) is 2.17. The molecule has 13 heavy (non-hydrogen) atoms. The first-order valence-corrected chi connectivity index (χ1v) is 5.51. The van der Waals surface area contributed by atoms with Crippen LogP contribution >= 0.6 is 11.3 Å². The Labute approximate surface area is 82.1 Å². The van der Waals surface area contributed by atoms with Crippen molar-refractivity contribution in [1.29, 1.82) is 0 Å². The zero-order chi connectivity index (χ0) is 9.10. The number of hydrogen-bond donors (Lipinski definition) is 1. The first-order valence-electron chi connectivity index (χ1n) is 4.63. The summed E-state index contributed by atoms with van der Waals surface area (Å²) < 4.78 is 5.56. The molecule has 0 saturated carbocycles. The standard InChI is InChI=1S/C9H14N2OS/c1-7-6-13-9(11-7)12-5-8-3-2-4-10-8/h6,8,10H,2-5H2,1H3. The van der Waals surface area contributed by atoms with Crippen LogP contribution < -0.4 is 10.1 Å². The first kappa shape index (κ1) is 8.97. The molecule has 2 rings (SSSR count). The summed E-state index contributed by atoms with van der Waals surface area (Å²) in [6.45, 7) is 3.87. The van der Waals surface area contributed by atoms with E-state index in [4.69, 9.17) is 4.74 Å². The van der Waals surface area contributed by atoms with E-state index in [9.17, 15) is 0 Å². The fourth-order valence-electron chi connectivity index (χ4n) is 1.47. The number of nitrogens with zero attached hydrogens (tertiary/aromatic N) is 1. The molecular formula is C9H14N2OS. The predicted octanol–water partition coefficient (Wildman–Crippen LogP) is 1.58. The zero-order valence-electron chi connectivity index (χ0n) is 7.75. The van der Waals surface area contributed by atoms with Gasteiger partial charge in [-0.05, 0) is 26.3 Å². The molecule has 0 aromatic carbocycles. The number of thiazole rings is 1. The van der Waals surface area contributed by atoms with Crippen molar-refractivity contribution in [3.8, 4) is 5.19 Å². The number of aryl methyl sites for hydroxylation is 1. The number of nitrogens with one attached hydrogen (secondary N) is 1. The van der Waals surface area contributed by atoms with Crippen LogP contribution in [0.1, 0.15) is 18.5 Å². The quantitative estimate of drug-likeness (QED) is 0.800. The minimum absolute atomic E-state index is 0.532. The number of rotatable bonds is 3. The number of hydrogen-bond acceptors (Lipinski definition) is 4. The molecule has 4 heteroatoms. The summed E-state index contributed by atoms with van der Waals surface area (Å²) in [5, 5.41) is 6.19. The summed E-state index contributed by atoms with van der Waals surface area (Å²) in [5.41, 5.74) is 1.04. The van der Waals surface area contributed by atoms with Crippen molar-refractivity contribution in [2.45, 2.75) is 25.8 Å². The van der Waals surface area contributed by atoms with Gasteiger partial charge in [0.25, 0.3) is 5.19 Å². The highest BCUT2D eigenvalue weighted by Crippen LogP contribution is 2.18. The molecule has 0 bridgehead atoms. The second-order valence-electron chi connectivity index (χ2n) is 3.36. The Balaban J connectivity index is 1.78. The lowest BCUT2D eigenvalue weighted by Gasteiger charge is -2.09. The number of ether oxygens (including phenoxy) is 1. The van der Waals surface area contributed by atoms with Crippen molar-refractivity contribution in [3.63, 3.8) is 0 Å². The molecular weight excluding hydrogens is 184 g/mol. The van der Waals surface area contributed by atoms with Crippen LogP contribution in [0.5, 0.6) is 5.19 Å². The van der Waals surface area contributed by atoms with Crippen LogP contribution in [0, 0.1) is 6.92 Å². The molecule has 2 heterocycles. The van der Waals surface area contributed by atoms with Gasteiger partial charge in [-0.15, -0.1) is 0 Å². The van der Waals surface area contributed by atoms with Crippen molar-refractivity contribution >= 4 is 11.3 Å². The lowest BCUT2D eigenvalue weighted by molar-refractivity contribution is 0.275. The molecule has 1 saturated heterocycles. The fraction of sp³-hybridized carbons (Fsp3) is 0.667. The van der Waals surface area contributed by atoms with E-state index in [0.717, 1.165) is 24.0 Å². The summed E-state index contributed by atoms with van der Waals surface area (Å²) in [6, 6.07) is 0.532. The molecule has 1 aliphatic heterocycles. The Bertz CT molecular complexity index is 268. The van der Waals surface area contributed by atoms with E-state index in [-0.39, 0.29) is 0 Å². The van der Waals surface area contributed by atoms with E-state index >= 15 is 0 Å². The smallest absolute Gasteiger partial charge is 0.273 e. The molecule has 1 fully saturated rings. The van der Waals surface area contributed by atoms with E-state index in [2.05, 4.69) is 10.3 Å². The predicted molar refractivity (Wildman–Crippen MR) is 53.4 cm³/mol. The zero-order valence-corrected chi connectivity index (χ0v) is 8.56. The Kier molecular flexibility index (Phi) is 2.80. The van der Waals surface area contributed by atoms with Gasteiger partial charge in [-0.25, -0.2) is 4.98 Å². The molecule has 1 aromatic heterocycles. The molecule has 0 radical (unpaired) electrons. The molecule has 0 amide bonds. The maximum Gasteiger partial charge on any atom is 0.273 e. The summed E-state index contributed by atoms with van der Waals surface area (Å²) in [4.78, 5) is 4.24. The molecule has 1 atom stereocenters. The first-order chi connectivity index (χ1) is 6.34. The van der Waals surface area contributed by atoms with Crippen molar-refractivity contribution in [2.24, 2.45) is 0 Å². The monoisotopic (exact) mass is 198 g/mol. The Morgan fingerprint density at radius 1 is 1.77 bits per heavy atom. The van der Waals surface area contributed by atoms with Crippen LogP contribution in [0.4, 0.5) is 0 Å². The molecule has 1 aromatic rings. The van der Waals surface area contributed by atoms with Crippen molar-refractivity contribution < 1.29 is 4.74 Å². The molecule has 72 valence electrons. The normalized spacial score (nSPS) is 22.1. The highest BCUT2D eigenvalue weighted by Gasteiger charge is 2.14. The van der Waals surface area contributed by atoms with Crippen LogP contribution in [0.25, 0.3) is 0 Å². The third-order valence-corrected chi connectivity index (χ3v) is 3.04. The van der Waals surface area contributed by atoms with Gasteiger partial charge in [0.2, 0.25) is 0 Å². The van der Waals surface area contributed by atoms with Crippen molar-refractivity contribution in [3.05, 3.63) is 11.1 Å². The van der Waals surface area contributed by atoms with Gasteiger partial charge in [0.1, 0.15) is 6.61 Å². The minimum atomic E-state index is 0.532. The molecule has 1 N–H and O–H groups in total. The highest BCUT2D eigenvalue weighted by molar-refractivity contribution is 7.11. The average molecular weight is 198 g/mol. The van der Waals surface area contributed by atoms with Crippen LogP contribution in [0.15, 0.2) is 5.38 Å². The van der Waals surface area contributed by atoms with Gasteiger partial charge in [-0.1, -0.05) is 11.3 Å². The third kappa shape index (κ3) is 2.42. The van der Waals surface area contributed by atoms with Gasteiger partial charge >= 0.3 is 0 Å². The van der Waals surface area contributed by atoms with Crippen molar-refractivity contribution in [1.82, 2.24) is 10.3 Å². The Morgan fingerprint density at radius 3 is 3.31 bits per heavy atom. The van der Waals surface area contributed by atoms with Gasteiger partial charge in [0, 0.05) is 11.4 Å². The van der Waals surface area contributed by atoms with Crippen LogP contribution in [0.2, 0.25) is 0 Å². The Morgan fingerprint density at radius 2 is 2.69 bits per heavy atom. The SMILES string of the molecule is Cc1csc(OCC2CCCN2)n1. The molecule has 3 nitrogen and oxygen atoms in total. The van der Waals surface area contributed by atoms with E-state index < -0.39 is 0 Å². The van der Waals surface area contributed by atoms with Gasteiger partial charge in [-0.2, -0.15) is 0 Å². The minimum Gasteiger partial charge on any atom is -0.468 e. The van der Waals surface area contributed by atoms with E-state index in [0.29, 0.717) is 6.04 Å². The van der Waals surface area contributed by atoms with Gasteiger partial charge < -0.3 is 10.1 Å². The largest absolute Gasteiger partial charge is 0.468 e. The van der Waals surface area contributed by atoms with Gasteiger partial charge in [0.05, 0.1) is 5.69 Å². The molecule has 1 unspecified atom stereocenters. The van der Waals surface area contributed by atoms with Gasteiger partial charge in [-0.3, -0.25) is 0 Å². The topological polar surface area (TPSA) is 34.1 Å². The summed E-state index contributed by atoms with van der Waals surface area (Å²) in [7, 11) is 0. The van der Waals surface area contributed by atoms with Crippen molar-refractivity contribution in [2.75, 3.05) is 13.2 Å². The highest BCUT2D eigenvalue weighted by atomic mass is 32.1. The maximum atomic E-state index is 5.56. The van der Waals surface area contributed by atoms with E-state index in [1.54, 1.807) is 11.3 Å². The van der Waals surface area contributed by atoms with E-state index in [1.807, 2.05) is 12.3 Å². The Hall–Kier alpha value is -0.610. The van der Waals surface area contributed by atoms with Crippen LogP contribution in [-0.2, 0) is 0 Å². The summed E-state index contributed by atoms with van der Waals surface area (Å²) in [6.07, 6.45) is 2.50. The maximum absolute atomic E-state index is 5.56.